The van der Waals surface area contributed by atoms with Crippen molar-refractivity contribution in [2.75, 3.05) is 26.2 Å². The maximum atomic E-state index is 14.9. The van der Waals surface area contributed by atoms with Crippen molar-refractivity contribution in [2.45, 2.75) is 56.1 Å². The first-order valence-corrected chi connectivity index (χ1v) is 13.7. The minimum absolute atomic E-state index is 0.202. The summed E-state index contributed by atoms with van der Waals surface area (Å²) in [7, 11) is -3.31. The molecule has 33 heavy (non-hydrogen) atoms. The monoisotopic (exact) mass is 474 g/mol. The summed E-state index contributed by atoms with van der Waals surface area (Å²) in [5.74, 6) is 0.0815. The zero-order valence-electron chi connectivity index (χ0n) is 18.9. The van der Waals surface area contributed by atoms with Crippen LogP contribution in [0.5, 0.6) is 0 Å². The van der Waals surface area contributed by atoms with Crippen molar-refractivity contribution in [2.24, 2.45) is 5.92 Å². The SMILES string of the molecule is O=S(=O)(NCCc1cc2c(cc1F)CC(CN1CCC1)C2Cc1cccc(F)c1)C1CCC1. The molecule has 0 bridgehead atoms. The molecular weight excluding hydrogens is 442 g/mol. The van der Waals surface area contributed by atoms with Crippen LogP contribution in [-0.4, -0.2) is 44.7 Å². The highest BCUT2D eigenvalue weighted by molar-refractivity contribution is 7.90. The highest BCUT2D eigenvalue weighted by atomic mass is 32.2. The van der Waals surface area contributed by atoms with Gasteiger partial charge in [-0.3, -0.25) is 0 Å². The van der Waals surface area contributed by atoms with Gasteiger partial charge in [-0.15, -0.1) is 0 Å². The van der Waals surface area contributed by atoms with E-state index in [-0.39, 0.29) is 29.3 Å². The molecule has 1 N–H and O–H groups in total. The summed E-state index contributed by atoms with van der Waals surface area (Å²) in [5.41, 5.74) is 3.70. The zero-order valence-corrected chi connectivity index (χ0v) is 19.7. The molecule has 0 aromatic heterocycles. The van der Waals surface area contributed by atoms with Gasteiger partial charge in [-0.05, 0) is 104 Å². The molecule has 0 radical (unpaired) electrons. The molecular formula is C26H32F2N2O2S. The molecule has 7 heteroatoms. The fourth-order valence-electron chi connectivity index (χ4n) is 5.48. The lowest BCUT2D eigenvalue weighted by molar-refractivity contribution is 0.145. The van der Waals surface area contributed by atoms with E-state index >= 15 is 0 Å². The number of rotatable bonds is 9. The Morgan fingerprint density at radius 2 is 1.88 bits per heavy atom. The number of benzene rings is 2. The molecule has 1 saturated carbocycles. The van der Waals surface area contributed by atoms with E-state index in [0.29, 0.717) is 30.7 Å². The Morgan fingerprint density at radius 3 is 2.55 bits per heavy atom. The summed E-state index contributed by atoms with van der Waals surface area (Å²) >= 11 is 0. The van der Waals surface area contributed by atoms with Gasteiger partial charge in [0.15, 0.2) is 0 Å². The van der Waals surface area contributed by atoms with E-state index in [1.165, 1.54) is 12.5 Å². The summed E-state index contributed by atoms with van der Waals surface area (Å²) in [6, 6.07) is 10.4. The van der Waals surface area contributed by atoms with Crippen molar-refractivity contribution in [3.63, 3.8) is 0 Å². The maximum Gasteiger partial charge on any atom is 0.214 e. The second kappa shape index (κ2) is 9.43. The number of halogens is 2. The first-order valence-electron chi connectivity index (χ1n) is 12.2. The maximum absolute atomic E-state index is 14.9. The van der Waals surface area contributed by atoms with Crippen molar-refractivity contribution < 1.29 is 17.2 Å². The van der Waals surface area contributed by atoms with Crippen molar-refractivity contribution >= 4 is 10.0 Å². The summed E-state index contributed by atoms with van der Waals surface area (Å²) in [4.78, 5) is 2.45. The van der Waals surface area contributed by atoms with Gasteiger partial charge in [-0.2, -0.15) is 0 Å². The average molecular weight is 475 g/mol. The first-order chi connectivity index (χ1) is 15.9. The molecule has 3 aliphatic rings. The minimum Gasteiger partial charge on any atom is -0.303 e. The topological polar surface area (TPSA) is 49.4 Å². The Labute approximate surface area is 195 Å². The van der Waals surface area contributed by atoms with Crippen molar-refractivity contribution in [1.29, 1.82) is 0 Å². The highest BCUT2D eigenvalue weighted by Gasteiger charge is 2.36. The van der Waals surface area contributed by atoms with Crippen LogP contribution >= 0.6 is 0 Å². The van der Waals surface area contributed by atoms with Gasteiger partial charge in [0, 0.05) is 13.1 Å². The molecule has 0 amide bonds. The Balaban J connectivity index is 1.34. The number of fused-ring (bicyclic) bond motifs is 1. The number of likely N-dealkylation sites (tertiary alicyclic amines) is 1. The lowest BCUT2D eigenvalue weighted by Gasteiger charge is -2.35. The number of hydrogen-bond acceptors (Lipinski definition) is 3. The Morgan fingerprint density at radius 1 is 1.06 bits per heavy atom. The third-order valence-electron chi connectivity index (χ3n) is 7.73. The van der Waals surface area contributed by atoms with Gasteiger partial charge in [-0.1, -0.05) is 24.6 Å². The Kier molecular flexibility index (Phi) is 6.56. The van der Waals surface area contributed by atoms with E-state index in [9.17, 15) is 17.2 Å². The second-order valence-electron chi connectivity index (χ2n) is 9.94. The fourth-order valence-corrected chi connectivity index (χ4v) is 7.06. The van der Waals surface area contributed by atoms with Crippen LogP contribution in [0.1, 0.15) is 53.9 Å². The molecule has 5 rings (SSSR count). The van der Waals surface area contributed by atoms with E-state index in [1.807, 2.05) is 12.1 Å². The number of hydrogen-bond donors (Lipinski definition) is 1. The van der Waals surface area contributed by atoms with E-state index in [2.05, 4.69) is 9.62 Å². The zero-order chi connectivity index (χ0) is 23.0. The van der Waals surface area contributed by atoms with Crippen LogP contribution in [0, 0.1) is 17.6 Å². The summed E-state index contributed by atoms with van der Waals surface area (Å²) in [6.45, 7) is 3.41. The normalized spacial score (nSPS) is 23.2. The lowest BCUT2D eigenvalue weighted by Crippen LogP contribution is -2.41. The minimum atomic E-state index is -3.31. The van der Waals surface area contributed by atoms with Crippen LogP contribution < -0.4 is 4.72 Å². The van der Waals surface area contributed by atoms with Crippen molar-refractivity contribution in [3.8, 4) is 0 Å². The summed E-state index contributed by atoms with van der Waals surface area (Å²) in [5, 5.41) is -0.291. The molecule has 0 spiro atoms. The Bertz CT molecular complexity index is 1110. The van der Waals surface area contributed by atoms with Gasteiger partial charge in [-0.25, -0.2) is 21.9 Å². The summed E-state index contributed by atoms with van der Waals surface area (Å²) in [6.07, 6.45) is 5.49. The van der Waals surface area contributed by atoms with Crippen LogP contribution in [0.4, 0.5) is 8.78 Å². The van der Waals surface area contributed by atoms with E-state index in [0.717, 1.165) is 55.6 Å². The quantitative estimate of drug-likeness (QED) is 0.593. The molecule has 178 valence electrons. The molecule has 2 atom stereocenters. The Hall–Kier alpha value is -1.83. The number of nitrogens with one attached hydrogen (secondary N) is 1. The molecule has 1 heterocycles. The third-order valence-corrected chi connectivity index (χ3v) is 9.69. The second-order valence-corrected chi connectivity index (χ2v) is 12.0. The standard InChI is InChI=1S/C26H32F2N2O2S/c27-22-5-1-4-18(12-22)13-24-21(17-30-10-3-11-30)14-20-16-26(28)19(15-25(20)24)8-9-29-33(31,32)23-6-2-7-23/h1,4-5,12,15-16,21,23-24,29H,2-3,6-11,13-14,17H2. The van der Waals surface area contributed by atoms with Crippen molar-refractivity contribution in [1.82, 2.24) is 9.62 Å². The molecule has 1 saturated heterocycles. The largest absolute Gasteiger partial charge is 0.303 e. The van der Waals surface area contributed by atoms with E-state index in [1.54, 1.807) is 18.2 Å². The van der Waals surface area contributed by atoms with Gasteiger partial charge in [0.1, 0.15) is 11.6 Å². The van der Waals surface area contributed by atoms with Gasteiger partial charge < -0.3 is 4.90 Å². The molecule has 2 unspecified atom stereocenters. The summed E-state index contributed by atoms with van der Waals surface area (Å²) < 4.78 is 56.0. The van der Waals surface area contributed by atoms with Crippen LogP contribution in [0.2, 0.25) is 0 Å². The van der Waals surface area contributed by atoms with E-state index < -0.39 is 10.0 Å². The third kappa shape index (κ3) is 5.00. The molecule has 2 aliphatic carbocycles. The molecule has 2 aromatic carbocycles. The van der Waals surface area contributed by atoms with Crippen LogP contribution in [0.25, 0.3) is 0 Å². The van der Waals surface area contributed by atoms with Gasteiger partial charge >= 0.3 is 0 Å². The molecule has 1 aliphatic heterocycles. The molecule has 4 nitrogen and oxygen atoms in total. The van der Waals surface area contributed by atoms with Crippen LogP contribution in [-0.2, 0) is 29.3 Å². The van der Waals surface area contributed by atoms with Crippen LogP contribution in [0.15, 0.2) is 36.4 Å². The lowest BCUT2D eigenvalue weighted by atomic mass is 9.85. The number of sulfonamides is 1. The molecule has 2 aromatic rings. The van der Waals surface area contributed by atoms with E-state index in [4.69, 9.17) is 0 Å². The smallest absolute Gasteiger partial charge is 0.214 e. The van der Waals surface area contributed by atoms with Crippen LogP contribution in [0.3, 0.4) is 0 Å². The fraction of sp³-hybridized carbons (Fsp3) is 0.538. The van der Waals surface area contributed by atoms with Gasteiger partial charge in [0.05, 0.1) is 5.25 Å². The molecule has 2 fully saturated rings. The van der Waals surface area contributed by atoms with Gasteiger partial charge in [0.25, 0.3) is 0 Å². The number of nitrogens with zero attached hydrogens (tertiary/aromatic N) is 1. The van der Waals surface area contributed by atoms with Crippen molar-refractivity contribution in [3.05, 3.63) is 70.3 Å². The average Bonchev–Trinajstić information content (AvgIpc) is 2.99. The highest BCUT2D eigenvalue weighted by Crippen LogP contribution is 2.42. The predicted octanol–water partition coefficient (Wildman–Crippen LogP) is 4.18. The predicted molar refractivity (Wildman–Crippen MR) is 126 cm³/mol. The van der Waals surface area contributed by atoms with Gasteiger partial charge in [0.2, 0.25) is 10.0 Å². The first kappa shape index (κ1) is 22.9.